The zero-order chi connectivity index (χ0) is 17.4. The maximum atomic E-state index is 12.4. The first-order chi connectivity index (χ1) is 10.6. The summed E-state index contributed by atoms with van der Waals surface area (Å²) in [4.78, 5) is 23.2. The van der Waals surface area contributed by atoms with Crippen LogP contribution >= 0.6 is 0 Å². The molecule has 2 aliphatic rings. The molecule has 0 aromatic heterocycles. The zero-order valence-corrected chi connectivity index (χ0v) is 15.1. The predicted octanol–water partition coefficient (Wildman–Crippen LogP) is 4.78. The summed E-state index contributed by atoms with van der Waals surface area (Å²) in [5, 5.41) is 8.88. The van der Waals surface area contributed by atoms with Crippen LogP contribution in [0.15, 0.2) is 23.3 Å². The van der Waals surface area contributed by atoms with Crippen molar-refractivity contribution in [3.63, 3.8) is 0 Å². The van der Waals surface area contributed by atoms with Gasteiger partial charge in [0.05, 0.1) is 0 Å². The Balaban J connectivity index is 2.25. The lowest BCUT2D eigenvalue weighted by Crippen LogP contribution is -2.52. The van der Waals surface area contributed by atoms with Crippen LogP contribution in [0.3, 0.4) is 0 Å². The van der Waals surface area contributed by atoms with Crippen LogP contribution in [0.4, 0.5) is 0 Å². The van der Waals surface area contributed by atoms with Gasteiger partial charge in [0.15, 0.2) is 0 Å². The number of ketones is 1. The summed E-state index contributed by atoms with van der Waals surface area (Å²) in [6, 6.07) is 0. The third kappa shape index (κ3) is 3.29. The monoisotopic (exact) mass is 318 g/mol. The molecule has 0 bridgehead atoms. The highest BCUT2D eigenvalue weighted by Gasteiger charge is 2.54. The molecule has 0 spiro atoms. The van der Waals surface area contributed by atoms with Crippen molar-refractivity contribution in [1.29, 1.82) is 0 Å². The van der Waals surface area contributed by atoms with E-state index in [-0.39, 0.29) is 10.8 Å². The van der Waals surface area contributed by atoms with Gasteiger partial charge in [0.2, 0.25) is 0 Å². The maximum Gasteiger partial charge on any atom is 0.328 e. The molecule has 0 unspecified atom stereocenters. The molecule has 0 saturated heterocycles. The van der Waals surface area contributed by atoms with Gasteiger partial charge in [0.25, 0.3) is 0 Å². The van der Waals surface area contributed by atoms with Crippen LogP contribution in [-0.4, -0.2) is 16.9 Å². The minimum atomic E-state index is -0.869. The fourth-order valence-corrected chi connectivity index (χ4v) is 5.06. The number of carbonyl (C=O) groups excluding carboxylic acids is 1. The number of hydrogen-bond donors (Lipinski definition) is 1. The van der Waals surface area contributed by atoms with E-state index in [1.54, 1.807) is 0 Å². The summed E-state index contributed by atoms with van der Waals surface area (Å²) < 4.78 is 0. The molecule has 0 aromatic carbocycles. The van der Waals surface area contributed by atoms with E-state index in [0.29, 0.717) is 24.0 Å². The van der Waals surface area contributed by atoms with Crippen molar-refractivity contribution in [1.82, 2.24) is 0 Å². The summed E-state index contributed by atoms with van der Waals surface area (Å²) in [6.45, 7) is 10.7. The Morgan fingerprint density at radius 1 is 1.39 bits per heavy atom. The number of fused-ring (bicyclic) bond motifs is 1. The predicted molar refractivity (Wildman–Crippen MR) is 92.1 cm³/mol. The molecule has 23 heavy (non-hydrogen) atoms. The second-order valence-electron chi connectivity index (χ2n) is 8.31. The molecule has 1 saturated carbocycles. The van der Waals surface area contributed by atoms with Crippen molar-refractivity contribution >= 4 is 11.8 Å². The quantitative estimate of drug-likeness (QED) is 0.600. The first-order valence-corrected chi connectivity index (χ1v) is 8.69. The lowest BCUT2D eigenvalue weighted by Gasteiger charge is -2.56. The van der Waals surface area contributed by atoms with Crippen LogP contribution in [0.1, 0.15) is 66.7 Å². The Morgan fingerprint density at radius 3 is 2.65 bits per heavy atom. The van der Waals surface area contributed by atoms with E-state index >= 15 is 0 Å². The summed E-state index contributed by atoms with van der Waals surface area (Å²) >= 11 is 0. The van der Waals surface area contributed by atoms with Gasteiger partial charge in [-0.2, -0.15) is 0 Å². The summed E-state index contributed by atoms with van der Waals surface area (Å²) in [5.41, 5.74) is 2.22. The second kappa shape index (κ2) is 6.26. The number of carbonyl (C=O) groups is 2. The van der Waals surface area contributed by atoms with Crippen LogP contribution in [0, 0.1) is 22.7 Å². The third-order valence-electron chi connectivity index (χ3n) is 6.50. The van der Waals surface area contributed by atoms with Gasteiger partial charge in [-0.15, -0.1) is 0 Å². The molecule has 1 fully saturated rings. The van der Waals surface area contributed by atoms with Gasteiger partial charge in [-0.3, -0.25) is 4.79 Å². The van der Waals surface area contributed by atoms with E-state index < -0.39 is 5.97 Å². The van der Waals surface area contributed by atoms with E-state index in [9.17, 15) is 9.59 Å². The van der Waals surface area contributed by atoms with E-state index in [1.165, 1.54) is 11.6 Å². The zero-order valence-electron chi connectivity index (χ0n) is 15.1. The Hall–Kier alpha value is -1.38. The van der Waals surface area contributed by atoms with Crippen molar-refractivity contribution in [2.75, 3.05) is 0 Å². The van der Waals surface area contributed by atoms with Gasteiger partial charge in [-0.1, -0.05) is 38.0 Å². The highest BCUT2D eigenvalue weighted by Crippen LogP contribution is 2.59. The number of carboxylic acid groups (broad SMARTS) is 1. The van der Waals surface area contributed by atoms with Gasteiger partial charge < -0.3 is 5.11 Å². The van der Waals surface area contributed by atoms with Crippen LogP contribution in [0.5, 0.6) is 0 Å². The standard InChI is InChI=1S/C20H30O3/c1-13(12-18(22)23)6-8-15-14(2)7-9-16-19(3,4)17(21)10-11-20(15,16)5/h7,12,15-16H,6,8-11H2,1-5H3,(H,22,23)/b13-12-/t15-,16-,20+/m0/s1. The number of aliphatic carboxylic acids is 1. The average molecular weight is 318 g/mol. The fraction of sp³-hybridized carbons (Fsp3) is 0.700. The van der Waals surface area contributed by atoms with Crippen molar-refractivity contribution in [3.8, 4) is 0 Å². The molecule has 0 aromatic rings. The Morgan fingerprint density at radius 2 is 2.04 bits per heavy atom. The highest BCUT2D eigenvalue weighted by molar-refractivity contribution is 5.85. The average Bonchev–Trinajstić information content (AvgIpc) is 2.42. The smallest absolute Gasteiger partial charge is 0.328 e. The molecule has 1 N–H and O–H groups in total. The molecule has 0 radical (unpaired) electrons. The van der Waals surface area contributed by atoms with Crippen LogP contribution < -0.4 is 0 Å². The first-order valence-electron chi connectivity index (χ1n) is 8.69. The minimum absolute atomic E-state index is 0.139. The Labute approximate surface area is 139 Å². The summed E-state index contributed by atoms with van der Waals surface area (Å²) in [5.74, 6) is 0.347. The summed E-state index contributed by atoms with van der Waals surface area (Å²) in [6.07, 6.45) is 8.02. The second-order valence-corrected chi connectivity index (χ2v) is 8.31. The molecule has 128 valence electrons. The van der Waals surface area contributed by atoms with E-state index in [2.05, 4.69) is 33.8 Å². The van der Waals surface area contributed by atoms with Crippen molar-refractivity contribution in [2.45, 2.75) is 66.7 Å². The van der Waals surface area contributed by atoms with Gasteiger partial charge in [-0.05, 0) is 56.8 Å². The molecule has 2 rings (SSSR count). The van der Waals surface area contributed by atoms with Crippen LogP contribution in [0.25, 0.3) is 0 Å². The first kappa shape index (κ1) is 18.0. The van der Waals surface area contributed by atoms with Gasteiger partial charge in [0, 0.05) is 17.9 Å². The number of hydrogen-bond acceptors (Lipinski definition) is 2. The Kier molecular flexibility index (Phi) is 4.89. The molecular formula is C20H30O3. The largest absolute Gasteiger partial charge is 0.478 e. The normalized spacial score (nSPS) is 33.9. The molecule has 0 amide bonds. The van der Waals surface area contributed by atoms with Gasteiger partial charge in [0.1, 0.15) is 5.78 Å². The van der Waals surface area contributed by atoms with Crippen molar-refractivity contribution in [2.24, 2.45) is 22.7 Å². The van der Waals surface area contributed by atoms with E-state index in [4.69, 9.17) is 5.11 Å². The third-order valence-corrected chi connectivity index (χ3v) is 6.50. The number of allylic oxidation sites excluding steroid dienone is 3. The summed E-state index contributed by atoms with van der Waals surface area (Å²) in [7, 11) is 0. The Bertz CT molecular complexity index is 567. The number of carboxylic acids is 1. The minimum Gasteiger partial charge on any atom is -0.478 e. The van der Waals surface area contributed by atoms with E-state index in [0.717, 1.165) is 31.3 Å². The van der Waals surface area contributed by atoms with Crippen LogP contribution in [0.2, 0.25) is 0 Å². The fourth-order valence-electron chi connectivity index (χ4n) is 5.06. The maximum absolute atomic E-state index is 12.4. The topological polar surface area (TPSA) is 54.4 Å². The molecule has 3 nitrogen and oxygen atoms in total. The number of rotatable bonds is 4. The SMILES string of the molecule is CC1=CC[C@H]2C(C)(C)C(=O)CC[C@]2(C)[C@H]1CC/C(C)=C\C(=O)O. The van der Waals surface area contributed by atoms with Crippen molar-refractivity contribution < 1.29 is 14.7 Å². The van der Waals surface area contributed by atoms with Crippen molar-refractivity contribution in [3.05, 3.63) is 23.3 Å². The molecule has 2 aliphatic carbocycles. The molecule has 3 heteroatoms. The lowest BCUT2D eigenvalue weighted by atomic mass is 9.48. The number of Topliss-reactive ketones (excluding diaryl/α,β-unsaturated/α-hetero) is 1. The van der Waals surface area contributed by atoms with Gasteiger partial charge >= 0.3 is 5.97 Å². The lowest BCUT2D eigenvalue weighted by molar-refractivity contribution is -0.143. The molecule has 0 aliphatic heterocycles. The molecular weight excluding hydrogens is 288 g/mol. The van der Waals surface area contributed by atoms with E-state index in [1.807, 2.05) is 6.92 Å². The van der Waals surface area contributed by atoms with Crippen LogP contribution in [-0.2, 0) is 9.59 Å². The van der Waals surface area contributed by atoms with Gasteiger partial charge in [-0.25, -0.2) is 4.79 Å². The highest BCUT2D eigenvalue weighted by atomic mass is 16.4. The molecule has 3 atom stereocenters. The molecule has 0 heterocycles.